The first-order valence-corrected chi connectivity index (χ1v) is 15.4. The molecule has 5 atom stereocenters. The molecule has 12 nitrogen and oxygen atoms in total. The quantitative estimate of drug-likeness (QED) is 0.138. The van der Waals surface area contributed by atoms with E-state index in [9.17, 15) is 34.9 Å². The first-order valence-electron chi connectivity index (χ1n) is 14.7. The van der Waals surface area contributed by atoms with E-state index in [1.165, 1.54) is 43.3 Å². The maximum atomic E-state index is 16.0. The number of nitrogens with one attached hydrogen (secondary N) is 1. The Morgan fingerprint density at radius 2 is 1.85 bits per heavy atom. The molecule has 2 heterocycles. The normalized spacial score (nSPS) is 22.3. The smallest absolute Gasteiger partial charge is 0.338 e. The summed E-state index contributed by atoms with van der Waals surface area (Å²) in [5, 5.41) is 39.8. The van der Waals surface area contributed by atoms with Gasteiger partial charge >= 0.3 is 5.97 Å². The predicted octanol–water partition coefficient (Wildman–Crippen LogP) is 6.81. The molecule has 1 amide bonds. The van der Waals surface area contributed by atoms with Crippen molar-refractivity contribution in [2.75, 3.05) is 19.0 Å². The number of esters is 1. The van der Waals surface area contributed by atoms with Crippen LogP contribution in [-0.4, -0.2) is 57.5 Å². The van der Waals surface area contributed by atoms with Gasteiger partial charge in [0.15, 0.2) is 0 Å². The number of halogens is 3. The number of amides is 1. The van der Waals surface area contributed by atoms with Crippen LogP contribution in [0, 0.1) is 38.9 Å². The zero-order valence-corrected chi connectivity index (χ0v) is 27.2. The minimum absolute atomic E-state index is 0. The molecule has 256 valence electrons. The molecular formula is C33H35Cl2FN4O8. The highest BCUT2D eigenvalue weighted by Gasteiger charge is 2.71. The molecule has 5 rings (SSSR count). The molecule has 0 aromatic heterocycles. The number of nitro groups is 2. The van der Waals surface area contributed by atoms with Crippen LogP contribution in [0.2, 0.25) is 10.0 Å². The Hall–Kier alpha value is -4.17. The van der Waals surface area contributed by atoms with Crippen LogP contribution >= 0.6 is 23.2 Å². The van der Waals surface area contributed by atoms with E-state index in [1.807, 2.05) is 13.8 Å². The molecule has 2 aliphatic heterocycles. The van der Waals surface area contributed by atoms with E-state index in [0.29, 0.717) is 5.56 Å². The largest absolute Gasteiger partial charge is 0.465 e. The van der Waals surface area contributed by atoms with Gasteiger partial charge in [-0.2, -0.15) is 0 Å². The van der Waals surface area contributed by atoms with Crippen LogP contribution in [0.5, 0.6) is 0 Å². The van der Waals surface area contributed by atoms with E-state index < -0.39 is 69.3 Å². The Morgan fingerprint density at radius 3 is 2.46 bits per heavy atom. The molecule has 1 unspecified atom stereocenters. The van der Waals surface area contributed by atoms with E-state index in [4.69, 9.17) is 27.9 Å². The first kappa shape index (κ1) is 36.7. The molecule has 1 fully saturated rings. The number of hydrogen-bond donors (Lipinski definition) is 2. The van der Waals surface area contributed by atoms with E-state index in [1.54, 1.807) is 11.0 Å². The molecule has 0 saturated carbocycles. The number of nitro benzene ring substituents is 1. The molecule has 0 bridgehead atoms. The summed E-state index contributed by atoms with van der Waals surface area (Å²) in [5.41, 5.74) is -2.04. The SMILES string of the molecule is C.COC(=O)c1cc([N+](=O)[O-])c(C(O)C[C@H]2[C@@H]([N+](=O)[O-])[C@H](c3cccc(Cl)c3F)[C@]3(C(=O)Nc4cc(Cl)ccc43)N2CC(C)C)cc1C. The number of aliphatic hydroxyl groups is 1. The second-order valence-corrected chi connectivity index (χ2v) is 13.0. The number of nitrogens with zero attached hydrogens (tertiary/aromatic N) is 3. The van der Waals surface area contributed by atoms with Crippen molar-refractivity contribution in [1.29, 1.82) is 0 Å². The van der Waals surface area contributed by atoms with Gasteiger partial charge in [-0.05, 0) is 49.1 Å². The summed E-state index contributed by atoms with van der Waals surface area (Å²) >= 11 is 12.4. The van der Waals surface area contributed by atoms with Gasteiger partial charge in [-0.1, -0.05) is 62.7 Å². The molecular weight excluding hydrogens is 670 g/mol. The van der Waals surface area contributed by atoms with Gasteiger partial charge in [-0.15, -0.1) is 0 Å². The third kappa shape index (κ3) is 5.89. The van der Waals surface area contributed by atoms with Crippen LogP contribution in [0.1, 0.15) is 72.3 Å². The van der Waals surface area contributed by atoms with Gasteiger partial charge in [-0.3, -0.25) is 29.9 Å². The van der Waals surface area contributed by atoms with E-state index in [0.717, 1.165) is 13.2 Å². The number of benzene rings is 3. The number of aliphatic hydroxyl groups excluding tert-OH is 1. The number of methoxy groups -OCH3 is 1. The van der Waals surface area contributed by atoms with Gasteiger partial charge in [-0.25, -0.2) is 9.18 Å². The van der Waals surface area contributed by atoms with Crippen molar-refractivity contribution < 1.29 is 33.7 Å². The fourth-order valence-corrected chi connectivity index (χ4v) is 7.53. The zero-order valence-electron chi connectivity index (χ0n) is 25.7. The van der Waals surface area contributed by atoms with Crippen LogP contribution in [0.4, 0.5) is 15.8 Å². The zero-order chi connectivity index (χ0) is 34.5. The number of aryl methyl sites for hydroxylation is 1. The van der Waals surface area contributed by atoms with Crippen molar-refractivity contribution in [3.8, 4) is 0 Å². The molecule has 48 heavy (non-hydrogen) atoms. The summed E-state index contributed by atoms with van der Waals surface area (Å²) in [6.45, 7) is 5.26. The van der Waals surface area contributed by atoms with Crippen molar-refractivity contribution in [3.63, 3.8) is 0 Å². The number of carbonyl (C=O) groups excluding carboxylic acids is 2. The van der Waals surface area contributed by atoms with Gasteiger partial charge < -0.3 is 15.2 Å². The highest BCUT2D eigenvalue weighted by atomic mass is 35.5. The number of carbonyl (C=O) groups is 2. The average Bonchev–Trinajstić information content (AvgIpc) is 3.44. The van der Waals surface area contributed by atoms with Crippen LogP contribution < -0.4 is 5.32 Å². The van der Waals surface area contributed by atoms with Crippen molar-refractivity contribution in [3.05, 3.63) is 112 Å². The van der Waals surface area contributed by atoms with Crippen LogP contribution in [-0.2, 0) is 15.1 Å². The standard InChI is InChI=1S/C32H31Cl2FN4O8.CH4/c1-15(2)14-37-25(13-26(40)20-10-16(3)19(30(41)47-4)12-24(20)38(43)44)29(39(45)46)27(18-6-5-7-22(34)28(18)35)32(37)21-9-8-17(33)11-23(21)36-31(32)42;/h5-12,15,25-27,29,40H,13-14H2,1-4H3,(H,36,42);1H4/t25-,26?,27-,29+,32+;/m0./s1. The molecule has 0 aliphatic carbocycles. The van der Waals surface area contributed by atoms with Crippen LogP contribution in [0.15, 0.2) is 48.5 Å². The number of rotatable bonds is 9. The van der Waals surface area contributed by atoms with Crippen LogP contribution in [0.3, 0.4) is 0 Å². The minimum atomic E-state index is -1.87. The number of anilines is 1. The maximum absolute atomic E-state index is 16.0. The summed E-state index contributed by atoms with van der Waals surface area (Å²) in [6, 6.07) is 7.94. The van der Waals surface area contributed by atoms with Gasteiger partial charge in [0, 0.05) is 39.4 Å². The van der Waals surface area contributed by atoms with Crippen molar-refractivity contribution in [2.45, 2.75) is 64.3 Å². The summed E-state index contributed by atoms with van der Waals surface area (Å²) in [7, 11) is 1.12. The Kier molecular flexibility index (Phi) is 10.5. The molecule has 2 N–H and O–H groups in total. The molecule has 3 aromatic carbocycles. The van der Waals surface area contributed by atoms with Gasteiger partial charge in [0.25, 0.3) is 11.6 Å². The molecule has 3 aromatic rings. The van der Waals surface area contributed by atoms with Crippen LogP contribution in [0.25, 0.3) is 0 Å². The molecule has 2 aliphatic rings. The minimum Gasteiger partial charge on any atom is -0.465 e. The second-order valence-electron chi connectivity index (χ2n) is 12.1. The highest BCUT2D eigenvalue weighted by molar-refractivity contribution is 6.31. The van der Waals surface area contributed by atoms with Crippen molar-refractivity contribution in [1.82, 2.24) is 4.90 Å². The lowest BCUT2D eigenvalue weighted by atomic mass is 9.73. The molecule has 1 saturated heterocycles. The number of fused-ring (bicyclic) bond motifs is 2. The Labute approximate surface area is 286 Å². The number of hydrogen-bond acceptors (Lipinski definition) is 9. The van der Waals surface area contributed by atoms with Crippen molar-refractivity contribution >= 4 is 46.5 Å². The monoisotopic (exact) mass is 704 g/mol. The van der Waals surface area contributed by atoms with Gasteiger partial charge in [0.05, 0.1) is 46.2 Å². The first-order chi connectivity index (χ1) is 22.1. The van der Waals surface area contributed by atoms with Crippen molar-refractivity contribution in [2.24, 2.45) is 5.92 Å². The lowest BCUT2D eigenvalue weighted by molar-refractivity contribution is -0.528. The Morgan fingerprint density at radius 1 is 1.17 bits per heavy atom. The third-order valence-corrected chi connectivity index (χ3v) is 9.47. The maximum Gasteiger partial charge on any atom is 0.338 e. The summed E-state index contributed by atoms with van der Waals surface area (Å²) in [6.07, 6.45) is -2.15. The van der Waals surface area contributed by atoms with E-state index in [2.05, 4.69) is 5.32 Å². The van der Waals surface area contributed by atoms with Gasteiger partial charge in [0.2, 0.25) is 6.04 Å². The lowest BCUT2D eigenvalue weighted by Gasteiger charge is -2.40. The molecule has 1 spiro atoms. The Bertz CT molecular complexity index is 1810. The van der Waals surface area contributed by atoms with Gasteiger partial charge in [0.1, 0.15) is 11.4 Å². The highest BCUT2D eigenvalue weighted by Crippen LogP contribution is 2.59. The lowest BCUT2D eigenvalue weighted by Crippen LogP contribution is -2.53. The fourth-order valence-electron chi connectivity index (χ4n) is 7.18. The Balaban J connectivity index is 0.00000520. The molecule has 15 heteroatoms. The van der Waals surface area contributed by atoms with E-state index in [-0.39, 0.29) is 57.9 Å². The molecule has 0 radical (unpaired) electrons. The van der Waals surface area contributed by atoms with E-state index >= 15 is 4.39 Å². The fraction of sp³-hybridized carbons (Fsp3) is 0.394. The summed E-state index contributed by atoms with van der Waals surface area (Å²) in [4.78, 5) is 52.2. The third-order valence-electron chi connectivity index (χ3n) is 8.95. The topological polar surface area (TPSA) is 165 Å². The number of likely N-dealkylation sites (tertiary alicyclic amines) is 1. The average molecular weight is 706 g/mol. The predicted molar refractivity (Wildman–Crippen MR) is 178 cm³/mol. The number of ether oxygens (including phenoxy) is 1. The second kappa shape index (κ2) is 13.7. The summed E-state index contributed by atoms with van der Waals surface area (Å²) in [5.74, 6) is -4.07. The summed E-state index contributed by atoms with van der Waals surface area (Å²) < 4.78 is 20.7.